The van der Waals surface area contributed by atoms with Crippen LogP contribution in [0.15, 0.2) is 54.3 Å². The van der Waals surface area contributed by atoms with Crippen molar-refractivity contribution in [1.29, 1.82) is 0 Å². The molecule has 138 valence electrons. The molecule has 0 radical (unpaired) electrons. The highest BCUT2D eigenvalue weighted by atomic mass is 19.2. The van der Waals surface area contributed by atoms with Gasteiger partial charge in [-0.25, -0.2) is 13.2 Å². The van der Waals surface area contributed by atoms with E-state index in [9.17, 15) is 13.2 Å². The second-order valence-corrected chi connectivity index (χ2v) is 5.47. The number of hydrazine groups is 1. The highest BCUT2D eigenvalue weighted by Crippen LogP contribution is 2.31. The van der Waals surface area contributed by atoms with Gasteiger partial charge in [-0.3, -0.25) is 5.43 Å². The maximum absolute atomic E-state index is 14.2. The van der Waals surface area contributed by atoms with Crippen molar-refractivity contribution in [3.05, 3.63) is 77.3 Å². The van der Waals surface area contributed by atoms with Crippen LogP contribution in [-0.2, 0) is 0 Å². The van der Waals surface area contributed by atoms with Crippen molar-refractivity contribution in [3.63, 3.8) is 0 Å². The fourth-order valence-electron chi connectivity index (χ4n) is 2.32. The Morgan fingerprint density at radius 2 is 1.62 bits per heavy atom. The van der Waals surface area contributed by atoms with Crippen LogP contribution in [0.2, 0.25) is 0 Å². The summed E-state index contributed by atoms with van der Waals surface area (Å²) in [6, 6.07) is 6.87. The average Bonchev–Trinajstić information content (AvgIpc) is 3.15. The van der Waals surface area contributed by atoms with Crippen LogP contribution in [0.3, 0.4) is 0 Å². The van der Waals surface area contributed by atoms with E-state index < -0.39 is 17.5 Å². The molecule has 26 heavy (non-hydrogen) atoms. The van der Waals surface area contributed by atoms with Gasteiger partial charge in [-0.15, -0.1) is 0 Å². The van der Waals surface area contributed by atoms with Crippen LogP contribution < -0.4 is 16.2 Å². The van der Waals surface area contributed by atoms with Gasteiger partial charge in [-0.2, -0.15) is 0 Å². The Labute approximate surface area is 151 Å². The first-order valence-corrected chi connectivity index (χ1v) is 8.43. The zero-order chi connectivity index (χ0) is 19.1. The molecule has 0 aliphatic heterocycles. The molecule has 1 aliphatic carbocycles. The molecule has 0 saturated carbocycles. The van der Waals surface area contributed by atoms with Crippen molar-refractivity contribution in [2.45, 2.75) is 27.2 Å². The summed E-state index contributed by atoms with van der Waals surface area (Å²) in [7, 11) is 0. The molecule has 0 bridgehead atoms. The summed E-state index contributed by atoms with van der Waals surface area (Å²) in [6.07, 6.45) is 6.41. The molecule has 0 spiro atoms. The summed E-state index contributed by atoms with van der Waals surface area (Å²) in [6.45, 7) is 5.75. The Morgan fingerprint density at radius 3 is 2.27 bits per heavy atom. The summed E-state index contributed by atoms with van der Waals surface area (Å²) in [5, 5.41) is 2.62. The minimum absolute atomic E-state index is 0.0647. The van der Waals surface area contributed by atoms with Crippen LogP contribution in [0.1, 0.15) is 25.8 Å². The lowest BCUT2D eigenvalue weighted by Crippen LogP contribution is -2.21. The molecule has 0 atom stereocenters. The van der Waals surface area contributed by atoms with Gasteiger partial charge in [0, 0.05) is 12.1 Å². The Hall–Kier alpha value is -2.89. The van der Waals surface area contributed by atoms with Crippen molar-refractivity contribution in [3.8, 4) is 0 Å². The third-order valence-corrected chi connectivity index (χ3v) is 3.61. The number of hydrogen-bond acceptors (Lipinski definition) is 3. The molecular formula is C20H22F3N3. The standard InChI is InChI=1S/C18H16F3N3.C2H6/c1-11-6-8-15(14(20)10-11)22-18-16(9-7-13(19)17(18)21)24-23-12-4-2-3-5-12;1-2/h2-4,6-10,22-24H,5H2,1H3;1-2H3. The monoisotopic (exact) mass is 361 g/mol. The van der Waals surface area contributed by atoms with E-state index in [4.69, 9.17) is 0 Å². The lowest BCUT2D eigenvalue weighted by atomic mass is 10.2. The molecule has 3 nitrogen and oxygen atoms in total. The van der Waals surface area contributed by atoms with Gasteiger partial charge in [-0.05, 0) is 42.8 Å². The fourth-order valence-corrected chi connectivity index (χ4v) is 2.32. The quantitative estimate of drug-likeness (QED) is 0.577. The topological polar surface area (TPSA) is 36.1 Å². The van der Waals surface area contributed by atoms with E-state index in [0.29, 0.717) is 6.42 Å². The molecule has 2 aromatic rings. The maximum Gasteiger partial charge on any atom is 0.184 e. The van der Waals surface area contributed by atoms with Crippen LogP contribution in [0.5, 0.6) is 0 Å². The van der Waals surface area contributed by atoms with Crippen LogP contribution in [0, 0.1) is 24.4 Å². The molecular weight excluding hydrogens is 339 g/mol. The molecule has 0 fully saturated rings. The van der Waals surface area contributed by atoms with Gasteiger partial charge in [0.05, 0.1) is 11.4 Å². The van der Waals surface area contributed by atoms with E-state index in [1.54, 1.807) is 13.0 Å². The summed E-state index contributed by atoms with van der Waals surface area (Å²) in [5.74, 6) is -2.64. The summed E-state index contributed by atoms with van der Waals surface area (Å²) < 4.78 is 41.8. The van der Waals surface area contributed by atoms with E-state index in [1.807, 2.05) is 32.1 Å². The van der Waals surface area contributed by atoms with Gasteiger partial charge in [0.1, 0.15) is 11.5 Å². The molecule has 0 heterocycles. The fraction of sp³-hybridized carbons (Fsp3) is 0.200. The van der Waals surface area contributed by atoms with Gasteiger partial charge in [0.25, 0.3) is 0 Å². The van der Waals surface area contributed by atoms with E-state index in [-0.39, 0.29) is 17.1 Å². The predicted molar refractivity (Wildman–Crippen MR) is 101 cm³/mol. The molecule has 0 aromatic heterocycles. The molecule has 0 saturated heterocycles. The Bertz CT molecular complexity index is 829. The van der Waals surface area contributed by atoms with E-state index in [0.717, 1.165) is 17.3 Å². The zero-order valence-corrected chi connectivity index (χ0v) is 15.0. The molecule has 0 unspecified atom stereocenters. The number of rotatable bonds is 5. The van der Waals surface area contributed by atoms with Crippen molar-refractivity contribution >= 4 is 17.1 Å². The Morgan fingerprint density at radius 1 is 0.885 bits per heavy atom. The van der Waals surface area contributed by atoms with E-state index in [1.165, 1.54) is 18.2 Å². The second-order valence-electron chi connectivity index (χ2n) is 5.47. The van der Waals surface area contributed by atoms with Gasteiger partial charge in [0.15, 0.2) is 11.6 Å². The Balaban J connectivity index is 0.00000117. The average molecular weight is 361 g/mol. The Kier molecular flexibility index (Phi) is 6.72. The minimum atomic E-state index is -1.08. The first-order chi connectivity index (χ1) is 12.5. The van der Waals surface area contributed by atoms with Gasteiger partial charge < -0.3 is 10.7 Å². The first-order valence-electron chi connectivity index (χ1n) is 8.43. The SMILES string of the molecule is CC.Cc1ccc(Nc2c(NNC3=CC=CC3)ccc(F)c2F)c(F)c1. The van der Waals surface area contributed by atoms with E-state index in [2.05, 4.69) is 16.2 Å². The maximum atomic E-state index is 14.2. The van der Waals surface area contributed by atoms with Crippen molar-refractivity contribution in [2.75, 3.05) is 10.7 Å². The van der Waals surface area contributed by atoms with Crippen LogP contribution in [0.4, 0.5) is 30.2 Å². The highest BCUT2D eigenvalue weighted by Gasteiger charge is 2.16. The summed E-state index contributed by atoms with van der Waals surface area (Å²) in [4.78, 5) is 0. The van der Waals surface area contributed by atoms with Gasteiger partial charge >= 0.3 is 0 Å². The molecule has 2 aromatic carbocycles. The number of halogens is 3. The minimum Gasteiger partial charge on any atom is -0.349 e. The van der Waals surface area contributed by atoms with Crippen LogP contribution >= 0.6 is 0 Å². The molecule has 6 heteroatoms. The molecule has 3 N–H and O–H groups in total. The third-order valence-electron chi connectivity index (χ3n) is 3.61. The van der Waals surface area contributed by atoms with Crippen molar-refractivity contribution in [1.82, 2.24) is 5.43 Å². The highest BCUT2D eigenvalue weighted by molar-refractivity contribution is 5.75. The smallest absolute Gasteiger partial charge is 0.184 e. The lowest BCUT2D eigenvalue weighted by molar-refractivity contribution is 0.512. The van der Waals surface area contributed by atoms with E-state index >= 15 is 0 Å². The number of hydrogen-bond donors (Lipinski definition) is 3. The van der Waals surface area contributed by atoms with Crippen molar-refractivity contribution < 1.29 is 13.2 Å². The van der Waals surface area contributed by atoms with Gasteiger partial charge in [0.2, 0.25) is 0 Å². The summed E-state index contributed by atoms with van der Waals surface area (Å²) >= 11 is 0. The zero-order valence-electron chi connectivity index (χ0n) is 15.0. The number of allylic oxidation sites excluding steroid dienone is 3. The third kappa shape index (κ3) is 4.59. The lowest BCUT2D eigenvalue weighted by Gasteiger charge is -2.17. The molecule has 1 aliphatic rings. The molecule has 0 amide bonds. The van der Waals surface area contributed by atoms with Crippen LogP contribution in [-0.4, -0.2) is 0 Å². The number of anilines is 3. The predicted octanol–water partition coefficient (Wildman–Crippen LogP) is 5.94. The number of benzene rings is 2. The van der Waals surface area contributed by atoms with Gasteiger partial charge in [-0.1, -0.05) is 32.1 Å². The first kappa shape index (κ1) is 19.4. The second kappa shape index (κ2) is 8.99. The van der Waals surface area contributed by atoms with Crippen LogP contribution in [0.25, 0.3) is 0 Å². The largest absolute Gasteiger partial charge is 0.349 e. The summed E-state index contributed by atoms with van der Waals surface area (Å²) in [5.41, 5.74) is 7.52. The number of aryl methyl sites for hydroxylation is 1. The molecule has 3 rings (SSSR count). The normalized spacial score (nSPS) is 12.2. The van der Waals surface area contributed by atoms with Crippen molar-refractivity contribution in [2.24, 2.45) is 0 Å². The number of nitrogens with one attached hydrogen (secondary N) is 3.